The molecular weight excluding hydrogens is 381 g/mol. The van der Waals surface area contributed by atoms with Crippen LogP contribution in [0.1, 0.15) is 6.23 Å². The van der Waals surface area contributed by atoms with Crippen LogP contribution in [0.25, 0.3) is 11.2 Å². The summed E-state index contributed by atoms with van der Waals surface area (Å²) in [6.07, 6.45) is -6.55. The molecule has 0 saturated carbocycles. The number of nitrogens with zero attached hydrogens (tertiary/aromatic N) is 3. The Balaban J connectivity index is 1.89. The van der Waals surface area contributed by atoms with Gasteiger partial charge in [0, 0.05) is 0 Å². The van der Waals surface area contributed by atoms with E-state index in [1.807, 2.05) is 0 Å². The van der Waals surface area contributed by atoms with Gasteiger partial charge in [-0.15, -0.1) is 0 Å². The maximum absolute atomic E-state index is 11.8. The van der Waals surface area contributed by atoms with Gasteiger partial charge in [-0.05, 0) is 0 Å². The van der Waals surface area contributed by atoms with Crippen LogP contribution in [0.15, 0.2) is 11.1 Å². The number of hydrogen-bond donors (Lipinski definition) is 7. The summed E-state index contributed by atoms with van der Waals surface area (Å²) < 4.78 is 11.9. The van der Waals surface area contributed by atoms with Gasteiger partial charge in [0.25, 0.3) is 5.56 Å². The lowest BCUT2D eigenvalue weighted by Crippen LogP contribution is -2.33. The number of nitrogen functional groups attached to an aromatic ring is 1. The van der Waals surface area contributed by atoms with Crippen LogP contribution in [-0.4, -0.2) is 59.5 Å². The van der Waals surface area contributed by atoms with Crippen molar-refractivity contribution in [3.05, 3.63) is 16.7 Å². The number of aromatic amines is 1. The highest BCUT2D eigenvalue weighted by atomic mass is 33.1. The Morgan fingerprint density at radius 2 is 2.17 bits per heavy atom. The first-order chi connectivity index (χ1) is 11.2. The average Bonchev–Trinajstić information content (AvgIpc) is 3.00. The molecule has 0 aromatic carbocycles. The molecule has 1 saturated heterocycles. The number of nitrogens with two attached hydrogens (primary N) is 1. The van der Waals surface area contributed by atoms with Crippen molar-refractivity contribution in [1.29, 1.82) is 0 Å². The van der Waals surface area contributed by atoms with Gasteiger partial charge in [-0.2, -0.15) is 14.4 Å². The second kappa shape index (κ2) is 6.42. The van der Waals surface area contributed by atoms with E-state index in [1.165, 1.54) is 10.9 Å². The van der Waals surface area contributed by atoms with E-state index in [1.54, 1.807) is 0 Å². The molecule has 14 heteroatoms. The molecule has 2 aromatic rings. The molecule has 0 bridgehead atoms. The Morgan fingerprint density at radius 1 is 1.46 bits per heavy atom. The number of imidazole rings is 1. The van der Waals surface area contributed by atoms with E-state index < -0.39 is 36.2 Å². The second-order valence-corrected chi connectivity index (χ2v) is 10.6. The van der Waals surface area contributed by atoms with E-state index in [-0.39, 0.29) is 23.7 Å². The minimum absolute atomic E-state index is 0.0141. The van der Waals surface area contributed by atoms with Crippen LogP contribution in [-0.2, 0) is 9.26 Å². The Bertz CT molecular complexity index is 809. The predicted octanol–water partition coefficient (Wildman–Crippen LogP) is -1.13. The molecule has 0 spiro atoms. The van der Waals surface area contributed by atoms with E-state index in [0.29, 0.717) is 0 Å². The van der Waals surface area contributed by atoms with Crippen LogP contribution < -0.4 is 11.3 Å². The van der Waals surface area contributed by atoms with Crippen LogP contribution >= 0.6 is 30.6 Å². The molecule has 1 fully saturated rings. The number of H-pyrrole nitrogens is 1. The minimum Gasteiger partial charge on any atom is -0.387 e. The van der Waals surface area contributed by atoms with Crippen LogP contribution in [0.4, 0.5) is 5.95 Å². The lowest BCUT2D eigenvalue weighted by Gasteiger charge is -2.16. The molecule has 1 aliphatic heterocycles. The molecule has 3 rings (SSSR count). The fraction of sp³-hybridized carbons (Fsp3) is 0.500. The second-order valence-electron chi connectivity index (χ2n) is 5.13. The lowest BCUT2D eigenvalue weighted by atomic mass is 10.1. The number of nitrogens with one attached hydrogen (secondary N) is 1. The zero-order valence-electron chi connectivity index (χ0n) is 11.9. The van der Waals surface area contributed by atoms with E-state index in [9.17, 15) is 19.9 Å². The van der Waals surface area contributed by atoms with Gasteiger partial charge >= 0.3 is 6.12 Å². The van der Waals surface area contributed by atoms with Crippen molar-refractivity contribution in [3.8, 4) is 0 Å². The van der Waals surface area contributed by atoms with Crippen LogP contribution in [0.3, 0.4) is 0 Å². The average molecular weight is 396 g/mol. The number of ether oxygens (including phenoxy) is 1. The number of aromatic nitrogens is 4. The Kier molecular flexibility index (Phi) is 4.79. The molecular formula is C10H15N5O6PS2+. The first-order valence-electron chi connectivity index (χ1n) is 6.63. The smallest absolute Gasteiger partial charge is 0.386 e. The third-order valence-electron chi connectivity index (χ3n) is 3.47. The van der Waals surface area contributed by atoms with Crippen molar-refractivity contribution in [2.45, 2.75) is 24.5 Å². The summed E-state index contributed by atoms with van der Waals surface area (Å²) >= 11 is 7.53. The molecule has 24 heavy (non-hydrogen) atoms. The predicted molar refractivity (Wildman–Crippen MR) is 91.5 cm³/mol. The number of hydrogen-bond acceptors (Lipinski definition) is 11. The Hall–Kier alpha value is -0.920. The van der Waals surface area contributed by atoms with Crippen molar-refractivity contribution in [2.24, 2.45) is 0 Å². The molecule has 0 amide bonds. The zero-order valence-corrected chi connectivity index (χ0v) is 14.6. The topological polar surface area (TPSA) is 169 Å². The lowest BCUT2D eigenvalue weighted by molar-refractivity contribution is -0.0470. The first-order valence-corrected chi connectivity index (χ1v) is 10.6. The number of rotatable bonds is 4. The van der Waals surface area contributed by atoms with E-state index in [2.05, 4.69) is 39.4 Å². The summed E-state index contributed by atoms with van der Waals surface area (Å²) in [6, 6.07) is 0. The van der Waals surface area contributed by atoms with E-state index >= 15 is 0 Å². The highest BCUT2D eigenvalue weighted by molar-refractivity contribution is 8.81. The third kappa shape index (κ3) is 3.39. The van der Waals surface area contributed by atoms with Gasteiger partial charge in [-0.3, -0.25) is 14.3 Å². The van der Waals surface area contributed by atoms with Gasteiger partial charge in [0.2, 0.25) is 5.95 Å². The van der Waals surface area contributed by atoms with E-state index in [4.69, 9.17) is 15.0 Å². The molecule has 0 unspecified atom stereocenters. The molecule has 0 aliphatic carbocycles. The zero-order chi connectivity index (χ0) is 17.6. The molecule has 1 aliphatic rings. The number of aliphatic hydroxyl groups is 2. The highest BCUT2D eigenvalue weighted by Gasteiger charge is 2.46. The Morgan fingerprint density at radius 3 is 2.83 bits per heavy atom. The normalized spacial score (nSPS) is 27.9. The van der Waals surface area contributed by atoms with Crippen molar-refractivity contribution < 1.29 is 24.4 Å². The number of aliphatic hydroxyl groups excluding tert-OH is 2. The fourth-order valence-electron chi connectivity index (χ4n) is 2.40. The maximum atomic E-state index is 11.8. The minimum atomic E-state index is -3.12. The van der Waals surface area contributed by atoms with Gasteiger partial charge < -0.3 is 20.7 Å². The van der Waals surface area contributed by atoms with Gasteiger partial charge in [-0.25, -0.2) is 4.98 Å². The van der Waals surface area contributed by atoms with Crippen molar-refractivity contribution in [2.75, 3.05) is 12.3 Å². The molecule has 2 aromatic heterocycles. The van der Waals surface area contributed by atoms with Gasteiger partial charge in [0.05, 0.1) is 30.8 Å². The molecule has 6 N–H and O–H groups in total. The molecule has 132 valence electrons. The van der Waals surface area contributed by atoms with Gasteiger partial charge in [0.1, 0.15) is 24.9 Å². The summed E-state index contributed by atoms with van der Waals surface area (Å²) in [6.45, 7) is -0.241. The Labute approximate surface area is 145 Å². The van der Waals surface area contributed by atoms with Crippen molar-refractivity contribution in [3.63, 3.8) is 0 Å². The standard InChI is InChI=1S/C10H14N5O6PS2/c11-10-13-7-4(8(18)14-10)12-2-15(7)9-6(17)5(16)3(21-9)1-20-22(19,23)24/h2-3,5-6,9,16-17,19,23-24H,1H2,(H2-,11,13,14,18)/p+1/t3-,5-,6-,9-/m1/s1. The summed E-state index contributed by atoms with van der Waals surface area (Å²) in [5, 5.41) is 20.3. The van der Waals surface area contributed by atoms with Crippen molar-refractivity contribution in [1.82, 2.24) is 19.5 Å². The van der Waals surface area contributed by atoms with Crippen LogP contribution in [0, 0.1) is 0 Å². The SMILES string of the molecule is Nc1nc2c(ncn2[C@@H]2O[C@H](CO[P+](O)(S)S)[C@@H](O)[C@H]2O)c(=O)[nH]1. The summed E-state index contributed by atoms with van der Waals surface area (Å²) in [4.78, 5) is 31.4. The number of anilines is 1. The third-order valence-corrected chi connectivity index (χ3v) is 4.66. The number of thiol groups is 2. The molecule has 0 radical (unpaired) electrons. The van der Waals surface area contributed by atoms with Gasteiger partial charge in [0.15, 0.2) is 17.4 Å². The summed E-state index contributed by atoms with van der Waals surface area (Å²) in [5.74, 6) is -0.123. The quantitative estimate of drug-likeness (QED) is 0.250. The molecule has 3 heterocycles. The molecule has 4 atom stereocenters. The van der Waals surface area contributed by atoms with Crippen molar-refractivity contribution >= 4 is 47.7 Å². The first kappa shape index (κ1) is 17.9. The van der Waals surface area contributed by atoms with Gasteiger partial charge in [-0.1, -0.05) is 0 Å². The van der Waals surface area contributed by atoms with Crippen LogP contribution in [0.2, 0.25) is 0 Å². The van der Waals surface area contributed by atoms with E-state index in [0.717, 1.165) is 0 Å². The monoisotopic (exact) mass is 396 g/mol. The largest absolute Gasteiger partial charge is 0.387 e. The van der Waals surface area contributed by atoms with Crippen LogP contribution in [0.5, 0.6) is 0 Å². The fourth-order valence-corrected chi connectivity index (χ4v) is 3.15. The number of fused-ring (bicyclic) bond motifs is 1. The maximum Gasteiger partial charge on any atom is 0.386 e. The summed E-state index contributed by atoms with van der Waals surface area (Å²) in [5.41, 5.74) is 5.09. The molecule has 11 nitrogen and oxygen atoms in total. The summed E-state index contributed by atoms with van der Waals surface area (Å²) in [7, 11) is 0. The highest BCUT2D eigenvalue weighted by Crippen LogP contribution is 2.65.